The number of carbonyl (C=O) groups excluding carboxylic acids is 3. The smallest absolute Gasteiger partial charge is 0.316 e. The van der Waals surface area contributed by atoms with Crippen LogP contribution < -0.4 is 15.4 Å². The Hall–Kier alpha value is -2.75. The lowest BCUT2D eigenvalue weighted by Gasteiger charge is -2.30. The molecule has 38 heavy (non-hydrogen) atoms. The Morgan fingerprint density at radius 3 is 2.26 bits per heavy atom. The van der Waals surface area contributed by atoms with Gasteiger partial charge in [0.1, 0.15) is 11.8 Å². The van der Waals surface area contributed by atoms with Crippen LogP contribution in [0.25, 0.3) is 0 Å². The largest absolute Gasteiger partial charge is 0.426 e. The molecule has 2 amide bonds. The van der Waals surface area contributed by atoms with Gasteiger partial charge in [-0.3, -0.25) is 14.4 Å². The van der Waals surface area contributed by atoms with Crippen molar-refractivity contribution in [2.24, 2.45) is 5.41 Å². The first-order valence-corrected chi connectivity index (χ1v) is 12.8. The van der Waals surface area contributed by atoms with Crippen LogP contribution in [0.1, 0.15) is 69.5 Å². The zero-order valence-corrected chi connectivity index (χ0v) is 24.5. The Balaban J connectivity index is 0.00000507. The summed E-state index contributed by atoms with van der Waals surface area (Å²) in [7, 11) is 0. The van der Waals surface area contributed by atoms with Gasteiger partial charge in [0.05, 0.1) is 11.5 Å². The van der Waals surface area contributed by atoms with Crippen molar-refractivity contribution in [3.05, 3.63) is 65.7 Å². The van der Waals surface area contributed by atoms with Gasteiger partial charge in [0.25, 0.3) is 5.91 Å². The number of benzene rings is 2. The van der Waals surface area contributed by atoms with Crippen LogP contribution >= 0.6 is 17.0 Å². The summed E-state index contributed by atoms with van der Waals surface area (Å²) in [6.07, 6.45) is 0.646. The Morgan fingerprint density at radius 1 is 1.03 bits per heavy atom. The number of amides is 2. The fraction of sp³-hybridized carbons (Fsp3) is 0.483. The summed E-state index contributed by atoms with van der Waals surface area (Å²) in [6, 6.07) is 15.3. The highest BCUT2D eigenvalue weighted by Gasteiger charge is 2.35. The molecule has 0 bridgehead atoms. The average molecular weight is 591 g/mol. The fourth-order valence-corrected chi connectivity index (χ4v) is 4.03. The lowest BCUT2D eigenvalue weighted by molar-refractivity contribution is -0.143. The second-order valence-electron chi connectivity index (χ2n) is 11.2. The molecule has 9 heteroatoms. The van der Waals surface area contributed by atoms with E-state index >= 15 is 0 Å². The van der Waals surface area contributed by atoms with Gasteiger partial charge in [-0.15, -0.1) is 17.0 Å². The molecule has 0 aromatic heterocycles. The second-order valence-corrected chi connectivity index (χ2v) is 11.2. The first-order valence-electron chi connectivity index (χ1n) is 12.8. The molecule has 2 atom stereocenters. The number of nitrogens with zero attached hydrogens (tertiary/aromatic N) is 1. The van der Waals surface area contributed by atoms with E-state index in [1.54, 1.807) is 62.1 Å². The maximum atomic E-state index is 13.0. The minimum absolute atomic E-state index is 0. The highest BCUT2D eigenvalue weighted by atomic mass is 79.9. The second kappa shape index (κ2) is 13.4. The summed E-state index contributed by atoms with van der Waals surface area (Å²) in [5, 5.41) is 16.9. The van der Waals surface area contributed by atoms with E-state index in [0.717, 1.165) is 6.42 Å². The number of likely N-dealkylation sites (tertiary alicyclic amines) is 1. The normalized spacial score (nSPS) is 16.4. The minimum Gasteiger partial charge on any atom is -0.426 e. The summed E-state index contributed by atoms with van der Waals surface area (Å²) >= 11 is 0. The molecule has 8 nitrogen and oxygen atoms in total. The van der Waals surface area contributed by atoms with Gasteiger partial charge in [0, 0.05) is 30.7 Å². The molecule has 0 radical (unpaired) electrons. The quantitative estimate of drug-likeness (QED) is 0.301. The molecular formula is C29H40BrN3O5. The molecule has 3 N–H and O–H groups in total. The number of nitrogens with one attached hydrogen (secondary N) is 2. The third kappa shape index (κ3) is 8.64. The van der Waals surface area contributed by atoms with E-state index in [1.165, 1.54) is 0 Å². The van der Waals surface area contributed by atoms with Crippen LogP contribution in [0.15, 0.2) is 54.6 Å². The number of esters is 1. The number of carbonyl (C=O) groups is 3. The van der Waals surface area contributed by atoms with Crippen LogP contribution in [-0.2, 0) is 9.59 Å². The molecule has 1 unspecified atom stereocenters. The van der Waals surface area contributed by atoms with Crippen LogP contribution in [0, 0.1) is 5.41 Å². The number of ether oxygens (including phenoxy) is 1. The molecule has 208 valence electrons. The van der Waals surface area contributed by atoms with Crippen molar-refractivity contribution in [1.29, 1.82) is 0 Å². The number of aliphatic hydroxyl groups is 1. The molecule has 2 aromatic rings. The first kappa shape index (κ1) is 31.5. The third-order valence-corrected chi connectivity index (χ3v) is 6.40. The van der Waals surface area contributed by atoms with Gasteiger partial charge in [0.15, 0.2) is 0 Å². The Morgan fingerprint density at radius 2 is 1.66 bits per heavy atom. The van der Waals surface area contributed by atoms with Gasteiger partial charge >= 0.3 is 5.97 Å². The standard InChI is InChI=1S/C29H39N3O5.BrH/c1-28(2,3)27(36)37-22-15-13-20(14-16-22)24(33)18-31-29(4,5)19-30-25(34)23-12-9-17-32(23)26(35)21-10-7-6-8-11-21;/h6-8,10-11,13-16,23-24,31,33H,9,12,17-19H2,1-5H3,(H,30,34);1H/t23-,24?;/m1./s1. The number of halogens is 1. The summed E-state index contributed by atoms with van der Waals surface area (Å²) in [5.74, 6) is -0.189. The number of rotatable bonds is 9. The molecule has 1 aliphatic rings. The Kier molecular flexibility index (Phi) is 11.1. The highest BCUT2D eigenvalue weighted by molar-refractivity contribution is 8.93. The molecule has 0 aliphatic carbocycles. The van der Waals surface area contributed by atoms with Gasteiger partial charge in [-0.1, -0.05) is 30.3 Å². The summed E-state index contributed by atoms with van der Waals surface area (Å²) in [4.78, 5) is 39.5. The molecule has 0 saturated carbocycles. The molecule has 2 aromatic carbocycles. The molecule has 1 fully saturated rings. The molecule has 1 aliphatic heterocycles. The van der Waals surface area contributed by atoms with Crippen molar-refractivity contribution in [2.45, 2.75) is 65.1 Å². The van der Waals surface area contributed by atoms with E-state index in [0.29, 0.717) is 36.4 Å². The maximum absolute atomic E-state index is 13.0. The van der Waals surface area contributed by atoms with Crippen molar-refractivity contribution >= 4 is 34.8 Å². The predicted octanol–water partition coefficient (Wildman–Crippen LogP) is 4.04. The van der Waals surface area contributed by atoms with Gasteiger partial charge in [0.2, 0.25) is 5.91 Å². The van der Waals surface area contributed by atoms with Gasteiger partial charge < -0.3 is 25.4 Å². The lowest BCUT2D eigenvalue weighted by Crippen LogP contribution is -2.53. The number of β-amino-alcohol motifs (C(OH)–C–C–N with tert-alkyl or cyclic N) is 1. The summed E-state index contributed by atoms with van der Waals surface area (Å²) in [6.45, 7) is 10.4. The minimum atomic E-state index is -0.781. The van der Waals surface area contributed by atoms with E-state index in [1.807, 2.05) is 32.0 Å². The highest BCUT2D eigenvalue weighted by Crippen LogP contribution is 2.23. The van der Waals surface area contributed by atoms with Gasteiger partial charge in [-0.2, -0.15) is 0 Å². The third-order valence-electron chi connectivity index (χ3n) is 6.40. The Bertz CT molecular complexity index is 1080. The van der Waals surface area contributed by atoms with Crippen molar-refractivity contribution in [1.82, 2.24) is 15.5 Å². The van der Waals surface area contributed by atoms with E-state index in [2.05, 4.69) is 10.6 Å². The van der Waals surface area contributed by atoms with Crippen LogP contribution in [0.5, 0.6) is 5.75 Å². The van der Waals surface area contributed by atoms with Crippen LogP contribution in [0.4, 0.5) is 0 Å². The lowest BCUT2D eigenvalue weighted by atomic mass is 9.97. The van der Waals surface area contributed by atoms with Crippen molar-refractivity contribution in [3.8, 4) is 5.75 Å². The zero-order valence-electron chi connectivity index (χ0n) is 22.8. The van der Waals surface area contributed by atoms with Crippen molar-refractivity contribution < 1.29 is 24.2 Å². The van der Waals surface area contributed by atoms with E-state index in [9.17, 15) is 19.5 Å². The predicted molar refractivity (Wildman–Crippen MR) is 152 cm³/mol. The van der Waals surface area contributed by atoms with E-state index < -0.39 is 23.1 Å². The van der Waals surface area contributed by atoms with Crippen LogP contribution in [0.3, 0.4) is 0 Å². The van der Waals surface area contributed by atoms with Gasteiger partial charge in [-0.25, -0.2) is 0 Å². The van der Waals surface area contributed by atoms with E-state index in [4.69, 9.17) is 4.74 Å². The SMILES string of the molecule is Br.CC(C)(CNC(=O)[C@H]1CCCN1C(=O)c1ccccc1)NCC(O)c1ccc(OC(=O)C(C)(C)C)cc1. The van der Waals surface area contributed by atoms with Gasteiger partial charge in [-0.05, 0) is 77.3 Å². The first-order chi connectivity index (χ1) is 17.4. The molecule has 0 spiro atoms. The fourth-order valence-electron chi connectivity index (χ4n) is 4.03. The number of hydrogen-bond acceptors (Lipinski definition) is 6. The summed E-state index contributed by atoms with van der Waals surface area (Å²) < 4.78 is 5.37. The van der Waals surface area contributed by atoms with Crippen molar-refractivity contribution in [2.75, 3.05) is 19.6 Å². The number of aliphatic hydroxyl groups excluding tert-OH is 1. The van der Waals surface area contributed by atoms with Crippen molar-refractivity contribution in [3.63, 3.8) is 0 Å². The van der Waals surface area contributed by atoms with E-state index in [-0.39, 0.29) is 41.3 Å². The number of hydrogen-bond donors (Lipinski definition) is 3. The zero-order chi connectivity index (χ0) is 27.2. The topological polar surface area (TPSA) is 108 Å². The molecule has 1 saturated heterocycles. The maximum Gasteiger partial charge on any atom is 0.316 e. The monoisotopic (exact) mass is 589 g/mol. The Labute approximate surface area is 235 Å². The van der Waals surface area contributed by atoms with Crippen LogP contribution in [-0.4, -0.2) is 59.0 Å². The summed E-state index contributed by atoms with van der Waals surface area (Å²) in [5.41, 5.74) is 0.171. The molecule has 1 heterocycles. The molecule has 3 rings (SSSR count). The molecular weight excluding hydrogens is 550 g/mol. The van der Waals surface area contributed by atoms with Crippen LogP contribution in [0.2, 0.25) is 0 Å². The average Bonchev–Trinajstić information content (AvgIpc) is 3.36.